The van der Waals surface area contributed by atoms with Crippen molar-refractivity contribution in [3.8, 4) is 11.4 Å². The van der Waals surface area contributed by atoms with Gasteiger partial charge in [-0.15, -0.1) is 0 Å². The zero-order valence-corrected chi connectivity index (χ0v) is 9.72. The van der Waals surface area contributed by atoms with Gasteiger partial charge in [0.2, 0.25) is 5.82 Å². The molecule has 0 radical (unpaired) electrons. The van der Waals surface area contributed by atoms with Gasteiger partial charge in [-0.3, -0.25) is 0 Å². The fraction of sp³-hybridized carbons (Fsp3) is 0.385. The van der Waals surface area contributed by atoms with Crippen LogP contribution in [0.2, 0.25) is 0 Å². The van der Waals surface area contributed by atoms with E-state index in [2.05, 4.69) is 17.1 Å². The minimum absolute atomic E-state index is 0.0123. The molecule has 2 heterocycles. The molecule has 1 saturated heterocycles. The van der Waals surface area contributed by atoms with E-state index in [1.54, 1.807) is 0 Å². The van der Waals surface area contributed by atoms with Crippen LogP contribution in [0.1, 0.15) is 30.4 Å². The minimum atomic E-state index is -0.0123. The first-order chi connectivity index (χ1) is 8.33. The molecular weight excluding hydrogens is 216 g/mol. The zero-order chi connectivity index (χ0) is 11.7. The number of rotatable bonds is 2. The van der Waals surface area contributed by atoms with Crippen LogP contribution >= 0.6 is 0 Å². The van der Waals surface area contributed by atoms with Crippen LogP contribution in [-0.2, 0) is 4.74 Å². The summed E-state index contributed by atoms with van der Waals surface area (Å²) in [5.41, 5.74) is 2.19. The molecule has 0 saturated carbocycles. The van der Waals surface area contributed by atoms with E-state index >= 15 is 0 Å². The van der Waals surface area contributed by atoms with Gasteiger partial charge in [-0.2, -0.15) is 4.98 Å². The topological polar surface area (TPSA) is 48.2 Å². The van der Waals surface area contributed by atoms with Crippen molar-refractivity contribution >= 4 is 0 Å². The number of benzene rings is 1. The number of nitrogens with zero attached hydrogens (tertiary/aromatic N) is 2. The first-order valence-corrected chi connectivity index (χ1v) is 5.85. The van der Waals surface area contributed by atoms with Crippen LogP contribution in [0, 0.1) is 6.92 Å². The van der Waals surface area contributed by atoms with E-state index in [9.17, 15) is 0 Å². The van der Waals surface area contributed by atoms with Crippen molar-refractivity contribution < 1.29 is 9.26 Å². The van der Waals surface area contributed by atoms with E-state index in [4.69, 9.17) is 9.26 Å². The molecule has 4 nitrogen and oxygen atoms in total. The van der Waals surface area contributed by atoms with E-state index in [-0.39, 0.29) is 6.10 Å². The van der Waals surface area contributed by atoms with Crippen LogP contribution in [0.4, 0.5) is 0 Å². The van der Waals surface area contributed by atoms with Crippen LogP contribution < -0.4 is 0 Å². The van der Waals surface area contributed by atoms with E-state index in [0.29, 0.717) is 11.7 Å². The Morgan fingerprint density at radius 3 is 2.76 bits per heavy atom. The van der Waals surface area contributed by atoms with Gasteiger partial charge in [0.1, 0.15) is 6.10 Å². The third-order valence-corrected chi connectivity index (χ3v) is 2.96. The smallest absolute Gasteiger partial charge is 0.256 e. The summed E-state index contributed by atoms with van der Waals surface area (Å²) in [7, 11) is 0. The second-order valence-corrected chi connectivity index (χ2v) is 4.32. The molecule has 0 spiro atoms. The number of aryl methyl sites for hydroxylation is 1. The first kappa shape index (κ1) is 10.5. The van der Waals surface area contributed by atoms with Gasteiger partial charge in [-0.05, 0) is 19.8 Å². The van der Waals surface area contributed by atoms with Crippen LogP contribution in [-0.4, -0.2) is 16.7 Å². The van der Waals surface area contributed by atoms with Crippen molar-refractivity contribution in [1.82, 2.24) is 10.1 Å². The summed E-state index contributed by atoms with van der Waals surface area (Å²) >= 11 is 0. The third-order valence-electron chi connectivity index (χ3n) is 2.96. The number of hydrogen-bond acceptors (Lipinski definition) is 4. The van der Waals surface area contributed by atoms with Crippen LogP contribution in [0.15, 0.2) is 28.8 Å². The molecule has 17 heavy (non-hydrogen) atoms. The standard InChI is InChI=1S/C13H14N2O2/c1-9-4-6-10(7-5-9)12-14-13(17-15-12)11-3-2-8-16-11/h4-7,11H,2-3,8H2,1H3. The molecule has 0 amide bonds. The molecule has 1 aliphatic rings. The molecule has 1 aromatic heterocycles. The number of aromatic nitrogens is 2. The molecule has 0 aliphatic carbocycles. The van der Waals surface area contributed by atoms with Gasteiger partial charge in [-0.1, -0.05) is 35.0 Å². The summed E-state index contributed by atoms with van der Waals surface area (Å²) < 4.78 is 10.8. The Bertz CT molecular complexity index is 498. The van der Waals surface area contributed by atoms with Crippen molar-refractivity contribution in [2.24, 2.45) is 0 Å². The molecule has 1 unspecified atom stereocenters. The normalized spacial score (nSPS) is 19.7. The average molecular weight is 230 g/mol. The van der Waals surface area contributed by atoms with Crippen molar-refractivity contribution in [2.45, 2.75) is 25.9 Å². The summed E-state index contributed by atoms with van der Waals surface area (Å²) in [5, 5.41) is 3.99. The Labute approximate surface area is 99.6 Å². The summed E-state index contributed by atoms with van der Waals surface area (Å²) in [6.07, 6.45) is 2.02. The molecule has 4 heteroatoms. The lowest BCUT2D eigenvalue weighted by Gasteiger charge is -2.00. The van der Waals surface area contributed by atoms with Crippen molar-refractivity contribution in [3.05, 3.63) is 35.7 Å². The third kappa shape index (κ3) is 2.08. The summed E-state index contributed by atoms with van der Waals surface area (Å²) in [5.74, 6) is 1.23. The summed E-state index contributed by atoms with van der Waals surface area (Å²) in [4.78, 5) is 4.39. The van der Waals surface area contributed by atoms with Gasteiger partial charge in [0.15, 0.2) is 0 Å². The number of hydrogen-bond donors (Lipinski definition) is 0. The maximum atomic E-state index is 5.51. The monoisotopic (exact) mass is 230 g/mol. The highest BCUT2D eigenvalue weighted by Gasteiger charge is 2.23. The first-order valence-electron chi connectivity index (χ1n) is 5.85. The summed E-state index contributed by atoms with van der Waals surface area (Å²) in [6.45, 7) is 2.84. The Morgan fingerprint density at radius 1 is 1.24 bits per heavy atom. The molecule has 1 aliphatic heterocycles. The molecule has 1 fully saturated rings. The quantitative estimate of drug-likeness (QED) is 0.795. The van der Waals surface area contributed by atoms with Crippen LogP contribution in [0.3, 0.4) is 0 Å². The zero-order valence-electron chi connectivity index (χ0n) is 9.72. The van der Waals surface area contributed by atoms with Gasteiger partial charge in [0.05, 0.1) is 0 Å². The highest BCUT2D eigenvalue weighted by atomic mass is 16.5. The van der Waals surface area contributed by atoms with Crippen molar-refractivity contribution in [2.75, 3.05) is 6.61 Å². The van der Waals surface area contributed by atoms with E-state index in [0.717, 1.165) is 25.0 Å². The van der Waals surface area contributed by atoms with Gasteiger partial charge < -0.3 is 9.26 Å². The molecule has 0 N–H and O–H groups in total. The Balaban J connectivity index is 1.86. The highest BCUT2D eigenvalue weighted by Crippen LogP contribution is 2.28. The van der Waals surface area contributed by atoms with Crippen LogP contribution in [0.25, 0.3) is 11.4 Å². The van der Waals surface area contributed by atoms with Gasteiger partial charge in [-0.25, -0.2) is 0 Å². The van der Waals surface area contributed by atoms with Gasteiger partial charge >= 0.3 is 0 Å². The average Bonchev–Trinajstić information content (AvgIpc) is 3.00. The van der Waals surface area contributed by atoms with E-state index in [1.807, 2.05) is 24.3 Å². The molecule has 2 aromatic rings. The lowest BCUT2D eigenvalue weighted by Crippen LogP contribution is -1.95. The second kappa shape index (κ2) is 4.30. The molecular formula is C13H14N2O2. The molecule has 88 valence electrons. The Kier molecular flexibility index (Phi) is 2.65. The fourth-order valence-corrected chi connectivity index (χ4v) is 1.96. The second-order valence-electron chi connectivity index (χ2n) is 4.32. The molecule has 1 atom stereocenters. The lowest BCUT2D eigenvalue weighted by atomic mass is 10.1. The van der Waals surface area contributed by atoms with Gasteiger partial charge in [0.25, 0.3) is 5.89 Å². The predicted octanol–water partition coefficient (Wildman–Crippen LogP) is 2.90. The molecule has 3 rings (SSSR count). The maximum absolute atomic E-state index is 5.51. The van der Waals surface area contributed by atoms with Crippen molar-refractivity contribution in [3.63, 3.8) is 0 Å². The molecule has 0 bridgehead atoms. The van der Waals surface area contributed by atoms with Crippen molar-refractivity contribution in [1.29, 1.82) is 0 Å². The maximum Gasteiger partial charge on any atom is 0.256 e. The summed E-state index contributed by atoms with van der Waals surface area (Å²) in [6, 6.07) is 8.08. The Morgan fingerprint density at radius 2 is 2.06 bits per heavy atom. The lowest BCUT2D eigenvalue weighted by molar-refractivity contribution is 0.0835. The predicted molar refractivity (Wildman–Crippen MR) is 62.4 cm³/mol. The Hall–Kier alpha value is -1.68. The molecule has 1 aromatic carbocycles. The SMILES string of the molecule is Cc1ccc(-c2noc(C3CCCO3)n2)cc1. The van der Waals surface area contributed by atoms with Gasteiger partial charge in [0, 0.05) is 12.2 Å². The minimum Gasteiger partial charge on any atom is -0.368 e. The fourth-order valence-electron chi connectivity index (χ4n) is 1.96. The highest BCUT2D eigenvalue weighted by molar-refractivity contribution is 5.54. The van der Waals surface area contributed by atoms with E-state index < -0.39 is 0 Å². The van der Waals surface area contributed by atoms with Crippen LogP contribution in [0.5, 0.6) is 0 Å². The largest absolute Gasteiger partial charge is 0.368 e. The number of ether oxygens (including phenoxy) is 1. The van der Waals surface area contributed by atoms with E-state index in [1.165, 1.54) is 5.56 Å².